The van der Waals surface area contributed by atoms with E-state index >= 15 is 0 Å². The number of rotatable bonds is 38. The van der Waals surface area contributed by atoms with E-state index in [1.54, 1.807) is 19.4 Å². The number of amides is 6. The number of carbonyl (C=O) groups is 6. The van der Waals surface area contributed by atoms with Crippen LogP contribution in [0.25, 0.3) is 10.9 Å². The number of unbranched alkanes of at least 4 members (excludes halogenated alkanes) is 3. The molecule has 0 unspecified atom stereocenters. The highest BCUT2D eigenvalue weighted by atomic mass is 16.5. The van der Waals surface area contributed by atoms with Crippen LogP contribution in [0.15, 0.2) is 44.4 Å². The topological polar surface area (TPSA) is 474 Å². The first kappa shape index (κ1) is 61.5. The summed E-state index contributed by atoms with van der Waals surface area (Å²) in [6.45, 7) is -0.204. The van der Waals surface area contributed by atoms with Crippen LogP contribution in [0.2, 0.25) is 0 Å². The summed E-state index contributed by atoms with van der Waals surface area (Å²) in [5, 5.41) is 6.55. The zero-order chi connectivity index (χ0) is 54.1. The van der Waals surface area contributed by atoms with Crippen LogP contribution >= 0.6 is 0 Å². The second kappa shape index (κ2) is 34.7. The Morgan fingerprint density at radius 1 is 0.603 bits per heavy atom. The third kappa shape index (κ3) is 25.9. The number of nitrogens with zero attached hydrogens (tertiary/aromatic N) is 8. The molecule has 0 saturated heterocycles. The normalized spacial score (nSPS) is 11.2. The van der Waals surface area contributed by atoms with Gasteiger partial charge in [-0.15, -0.1) is 0 Å². The smallest absolute Gasteiger partial charge is 0.242 e. The molecule has 1 atom stereocenters. The van der Waals surface area contributed by atoms with Gasteiger partial charge in [-0.1, -0.05) is 12.8 Å². The van der Waals surface area contributed by atoms with Crippen molar-refractivity contribution in [3.05, 3.63) is 30.0 Å². The third-order valence-corrected chi connectivity index (χ3v) is 11.2. The van der Waals surface area contributed by atoms with E-state index in [9.17, 15) is 28.8 Å². The molecule has 0 aliphatic carbocycles. The summed E-state index contributed by atoms with van der Waals surface area (Å²) in [5.41, 5.74) is 56.9. The van der Waals surface area contributed by atoms with Gasteiger partial charge in [0.2, 0.25) is 35.4 Å². The number of carbonyl (C=O) groups excluding carboxylic acids is 6. The quantitative estimate of drug-likeness (QED) is 0.0170. The lowest BCUT2D eigenvalue weighted by Gasteiger charge is -2.31. The molecule has 1 aromatic heterocycles. The van der Waals surface area contributed by atoms with E-state index in [1.165, 1.54) is 19.6 Å². The minimum atomic E-state index is -1.11. The number of hydrogen-bond acceptors (Lipinski definition) is 13. The maximum absolute atomic E-state index is 14.7. The fourth-order valence-corrected chi connectivity index (χ4v) is 7.37. The van der Waals surface area contributed by atoms with E-state index in [4.69, 9.17) is 62.1 Å². The zero-order valence-electron chi connectivity index (χ0n) is 42.3. The number of ether oxygens (including phenoxy) is 1. The molecule has 23 N–H and O–H groups in total. The fraction of sp³-hybridized carbons (Fsp3) is 0.600. The van der Waals surface area contributed by atoms with Gasteiger partial charge in [-0.3, -0.25) is 48.7 Å². The van der Waals surface area contributed by atoms with E-state index < -0.39 is 61.8 Å². The maximum Gasteiger partial charge on any atom is 0.242 e. The van der Waals surface area contributed by atoms with E-state index in [-0.39, 0.29) is 114 Å². The molecule has 0 aliphatic heterocycles. The molecular formula is C45H81N21O7. The molecule has 73 heavy (non-hydrogen) atoms. The van der Waals surface area contributed by atoms with Gasteiger partial charge in [0.05, 0.1) is 39.8 Å². The minimum absolute atomic E-state index is 0.00740. The third-order valence-electron chi connectivity index (χ3n) is 11.2. The van der Waals surface area contributed by atoms with Crippen LogP contribution in [-0.4, -0.2) is 195 Å². The molecule has 0 bridgehead atoms. The zero-order valence-corrected chi connectivity index (χ0v) is 42.3. The Morgan fingerprint density at radius 3 is 1.58 bits per heavy atom. The molecule has 2 aromatic rings. The van der Waals surface area contributed by atoms with Gasteiger partial charge in [-0.2, -0.15) is 0 Å². The Morgan fingerprint density at radius 2 is 1.08 bits per heavy atom. The Kier molecular flexibility index (Phi) is 29.2. The molecule has 0 radical (unpaired) electrons. The van der Waals surface area contributed by atoms with Crippen molar-refractivity contribution in [3.8, 4) is 5.75 Å². The second-order valence-electron chi connectivity index (χ2n) is 17.1. The number of fused-ring (bicyclic) bond motifs is 1. The first-order chi connectivity index (χ1) is 34.8. The van der Waals surface area contributed by atoms with Gasteiger partial charge < -0.3 is 97.3 Å². The number of nitrogens with two attached hydrogens (primary N) is 10. The van der Waals surface area contributed by atoms with Gasteiger partial charge in [0.15, 0.2) is 23.8 Å². The first-order valence-electron chi connectivity index (χ1n) is 24.3. The summed E-state index contributed by atoms with van der Waals surface area (Å²) < 4.78 is 5.45. The molecule has 1 heterocycles. The molecule has 28 nitrogen and oxygen atoms in total. The van der Waals surface area contributed by atoms with Crippen molar-refractivity contribution >= 4 is 70.2 Å². The van der Waals surface area contributed by atoms with Crippen molar-refractivity contribution in [1.29, 1.82) is 0 Å². The van der Waals surface area contributed by atoms with Gasteiger partial charge in [0.1, 0.15) is 11.8 Å². The van der Waals surface area contributed by atoms with Gasteiger partial charge >= 0.3 is 0 Å². The number of guanidine groups is 4. The van der Waals surface area contributed by atoms with Crippen LogP contribution < -0.4 is 72.7 Å². The van der Waals surface area contributed by atoms with Gasteiger partial charge in [-0.05, 0) is 88.2 Å². The molecule has 0 fully saturated rings. The number of benzene rings is 1. The molecule has 6 amide bonds. The summed E-state index contributed by atoms with van der Waals surface area (Å²) in [4.78, 5) is 107. The predicted molar refractivity (Wildman–Crippen MR) is 282 cm³/mol. The molecule has 0 spiro atoms. The van der Waals surface area contributed by atoms with Crippen LogP contribution in [0.1, 0.15) is 63.4 Å². The highest BCUT2D eigenvalue weighted by molar-refractivity contribution is 5.93. The summed E-state index contributed by atoms with van der Waals surface area (Å²) in [7, 11) is 1.54. The van der Waals surface area contributed by atoms with E-state index in [2.05, 4.69) is 35.6 Å². The average molecular weight is 1030 g/mol. The number of aromatic amines is 1. The molecule has 1 aromatic carbocycles. The fourth-order valence-electron chi connectivity index (χ4n) is 7.37. The number of methoxy groups -OCH3 is 1. The summed E-state index contributed by atoms with van der Waals surface area (Å²) in [5.74, 6) is -3.71. The van der Waals surface area contributed by atoms with Crippen molar-refractivity contribution in [1.82, 2.24) is 35.2 Å². The lowest BCUT2D eigenvalue weighted by Crippen LogP contribution is -2.52. The van der Waals surface area contributed by atoms with E-state index in [0.29, 0.717) is 31.7 Å². The monoisotopic (exact) mass is 1030 g/mol. The largest absolute Gasteiger partial charge is 0.497 e. The lowest BCUT2D eigenvalue weighted by molar-refractivity contribution is -0.146. The molecule has 0 aliphatic rings. The maximum atomic E-state index is 14.7. The Balaban J connectivity index is 2.53. The van der Waals surface area contributed by atoms with Crippen molar-refractivity contribution in [2.45, 2.75) is 70.3 Å². The summed E-state index contributed by atoms with van der Waals surface area (Å²) in [6.07, 6.45) is 6.87. The highest BCUT2D eigenvalue weighted by Crippen LogP contribution is 2.24. The molecule has 2 rings (SSSR count). The summed E-state index contributed by atoms with van der Waals surface area (Å²) >= 11 is 0. The number of nitrogens with one attached hydrogen (secondary N) is 3. The lowest BCUT2D eigenvalue weighted by atomic mass is 10.1. The van der Waals surface area contributed by atoms with Gasteiger partial charge in [0, 0.05) is 69.5 Å². The number of aromatic nitrogens is 1. The molecule has 408 valence electrons. The van der Waals surface area contributed by atoms with Gasteiger partial charge in [-0.25, -0.2) is 0 Å². The Hall–Kier alpha value is -7.62. The van der Waals surface area contributed by atoms with Crippen molar-refractivity contribution in [2.24, 2.45) is 77.3 Å². The number of H-pyrrole nitrogens is 1. The average Bonchev–Trinajstić information content (AvgIpc) is 3.74. The standard InChI is InChI=1S/C45H81N21O7/c1-73-32-11-12-34-33(24-32)31(25-61-34)13-23-66(30-38(69)63(20-7-17-58-43(50)51)27-36(67)62-35(41(47)72)10-6-16-57-42(48)49)40(71)29-65(22-9-19-60-45(54)55)39(70)28-64(21-8-18-59-44(52)53)37(68)26-56-15-5-3-2-4-14-46/h11-12,24-25,35,56,61H,2-10,13-23,26-30,46H2,1H3,(H2,47,72)(H,62,67)(H4,48,49,57)(H4,50,51,58)(H4,52,53,59)(H4,54,55,60)/t35-/m1/s1. The number of hydrogen-bond donors (Lipinski definition) is 13. The van der Waals surface area contributed by atoms with Crippen LogP contribution in [0, 0.1) is 0 Å². The number of primary amides is 1. The van der Waals surface area contributed by atoms with Crippen LogP contribution in [-0.2, 0) is 35.2 Å². The van der Waals surface area contributed by atoms with Crippen LogP contribution in [0.3, 0.4) is 0 Å². The summed E-state index contributed by atoms with van der Waals surface area (Å²) in [6, 6.07) is 4.38. The predicted octanol–water partition coefficient (Wildman–Crippen LogP) is -4.84. The molecule has 28 heteroatoms. The first-order valence-corrected chi connectivity index (χ1v) is 24.3. The van der Waals surface area contributed by atoms with Crippen LogP contribution in [0.4, 0.5) is 0 Å². The second-order valence-corrected chi connectivity index (χ2v) is 17.1. The highest BCUT2D eigenvalue weighted by Gasteiger charge is 2.29. The van der Waals surface area contributed by atoms with E-state index in [1.807, 2.05) is 12.1 Å². The van der Waals surface area contributed by atoms with Crippen LogP contribution in [0.5, 0.6) is 5.75 Å². The molecular weight excluding hydrogens is 947 g/mol. The number of aliphatic imine (C=N–C) groups is 4. The Labute approximate surface area is 426 Å². The van der Waals surface area contributed by atoms with E-state index in [0.717, 1.165) is 42.1 Å². The van der Waals surface area contributed by atoms with Crippen molar-refractivity contribution in [2.75, 3.05) is 105 Å². The van der Waals surface area contributed by atoms with Crippen molar-refractivity contribution in [3.63, 3.8) is 0 Å². The van der Waals surface area contributed by atoms with Gasteiger partial charge in [0.25, 0.3) is 0 Å². The SMILES string of the molecule is COc1ccc2[nH]cc(CCN(CC(=O)N(CCCN=C(N)N)CC(=O)N[C@H](CCCN=C(N)N)C(N)=O)C(=O)CN(CCCN=C(N)N)C(=O)CN(CCCN=C(N)N)C(=O)CNCCCCCCN)c2c1. The Bertz CT molecular complexity index is 2170. The van der Waals surface area contributed by atoms with Crippen molar-refractivity contribution < 1.29 is 33.5 Å². The minimum Gasteiger partial charge on any atom is -0.497 e. The molecule has 0 saturated carbocycles.